The number of fused-ring (bicyclic) bond motifs is 1. The van der Waals surface area contributed by atoms with Crippen LogP contribution in [0.25, 0.3) is 0 Å². The summed E-state index contributed by atoms with van der Waals surface area (Å²) < 4.78 is 16.3. The molecule has 3 heterocycles. The zero-order valence-corrected chi connectivity index (χ0v) is 19.0. The van der Waals surface area contributed by atoms with Crippen molar-refractivity contribution in [1.29, 1.82) is 0 Å². The van der Waals surface area contributed by atoms with Crippen LogP contribution < -0.4 is 19.5 Å². The molecule has 33 heavy (non-hydrogen) atoms. The Bertz CT molecular complexity index is 1070. The van der Waals surface area contributed by atoms with E-state index in [-0.39, 0.29) is 24.6 Å². The molecule has 0 spiro atoms. The number of amides is 3. The predicted octanol–water partition coefficient (Wildman–Crippen LogP) is 2.80. The third-order valence-corrected chi connectivity index (χ3v) is 7.07. The first-order valence-corrected chi connectivity index (χ1v) is 11.3. The van der Waals surface area contributed by atoms with Crippen molar-refractivity contribution in [2.24, 2.45) is 5.92 Å². The Balaban J connectivity index is 1.31. The normalized spacial score (nSPS) is 23.2. The minimum atomic E-state index is -0.928. The molecule has 8 nitrogen and oxygen atoms in total. The van der Waals surface area contributed by atoms with Crippen molar-refractivity contribution in [3.8, 4) is 17.2 Å². The number of likely N-dealkylation sites (tertiary alicyclic amines) is 1. The van der Waals surface area contributed by atoms with Gasteiger partial charge in [-0.25, -0.2) is 4.79 Å². The maximum Gasteiger partial charge on any atom is 0.324 e. The Morgan fingerprint density at radius 3 is 2.58 bits per heavy atom. The summed E-state index contributed by atoms with van der Waals surface area (Å²) in [6.07, 6.45) is 2.11. The molecule has 2 aromatic rings. The maximum absolute atomic E-state index is 13.3. The number of imide groups is 1. The first kappa shape index (κ1) is 21.6. The van der Waals surface area contributed by atoms with Crippen LogP contribution >= 0.6 is 0 Å². The number of nitrogens with one attached hydrogen (secondary N) is 1. The fourth-order valence-electron chi connectivity index (χ4n) is 5.25. The second kappa shape index (κ2) is 8.59. The van der Waals surface area contributed by atoms with Gasteiger partial charge in [-0.3, -0.25) is 14.6 Å². The van der Waals surface area contributed by atoms with E-state index >= 15 is 0 Å². The molecule has 2 aromatic carbocycles. The van der Waals surface area contributed by atoms with Gasteiger partial charge in [0.2, 0.25) is 6.79 Å². The molecule has 1 atom stereocenters. The van der Waals surface area contributed by atoms with E-state index in [4.69, 9.17) is 14.2 Å². The molecule has 3 amide bonds. The third kappa shape index (κ3) is 3.99. The number of ether oxygens (including phenoxy) is 3. The topological polar surface area (TPSA) is 80.3 Å². The number of urea groups is 1. The van der Waals surface area contributed by atoms with Crippen LogP contribution in [0.5, 0.6) is 17.2 Å². The zero-order valence-electron chi connectivity index (χ0n) is 19.0. The summed E-state index contributed by atoms with van der Waals surface area (Å²) >= 11 is 0. The Labute approximate surface area is 193 Å². The van der Waals surface area contributed by atoms with Gasteiger partial charge >= 0.3 is 6.03 Å². The molecule has 5 rings (SSSR count). The van der Waals surface area contributed by atoms with Gasteiger partial charge in [0.15, 0.2) is 11.5 Å². The molecule has 8 heteroatoms. The number of benzene rings is 2. The third-order valence-electron chi connectivity index (χ3n) is 7.07. The average Bonchev–Trinajstić information content (AvgIpc) is 3.38. The fourth-order valence-corrected chi connectivity index (χ4v) is 5.25. The number of piperidine rings is 1. The van der Waals surface area contributed by atoms with Crippen LogP contribution in [0.1, 0.15) is 24.0 Å². The molecule has 0 aromatic heterocycles. The van der Waals surface area contributed by atoms with Gasteiger partial charge in [-0.1, -0.05) is 18.2 Å². The molecule has 0 radical (unpaired) electrons. The number of nitrogens with zero attached hydrogens (tertiary/aromatic N) is 2. The van der Waals surface area contributed by atoms with Crippen molar-refractivity contribution in [3.63, 3.8) is 0 Å². The van der Waals surface area contributed by atoms with E-state index < -0.39 is 5.54 Å². The van der Waals surface area contributed by atoms with E-state index in [1.54, 1.807) is 14.2 Å². The molecule has 0 bridgehead atoms. The van der Waals surface area contributed by atoms with Crippen LogP contribution in [0.15, 0.2) is 42.5 Å². The lowest BCUT2D eigenvalue weighted by Gasteiger charge is -2.41. The maximum atomic E-state index is 13.3. The number of carbonyl (C=O) groups excluding carboxylic acids is 2. The lowest BCUT2D eigenvalue weighted by Crippen LogP contribution is -2.57. The standard InChI is InChI=1S/C25H29N3O5/c1-27-23(29)25(26-24(27)30,14-17-4-3-5-20(12-17)31-2)19-8-10-28(11-9-19)15-18-6-7-21-22(13-18)33-16-32-21/h3-7,12-13,19H,8-11,14-16H2,1-2H3,(H,26,30)/t25-/m0/s1. The molecular weight excluding hydrogens is 422 g/mol. The predicted molar refractivity (Wildman–Crippen MR) is 121 cm³/mol. The van der Waals surface area contributed by atoms with E-state index in [1.807, 2.05) is 36.4 Å². The molecule has 1 N–H and O–H groups in total. The van der Waals surface area contributed by atoms with Crippen LogP contribution in [-0.2, 0) is 17.8 Å². The van der Waals surface area contributed by atoms with Crippen molar-refractivity contribution in [2.75, 3.05) is 34.0 Å². The zero-order chi connectivity index (χ0) is 23.0. The van der Waals surface area contributed by atoms with E-state index in [9.17, 15) is 9.59 Å². The second-order valence-electron chi connectivity index (χ2n) is 9.03. The van der Waals surface area contributed by atoms with Crippen LogP contribution in [0.4, 0.5) is 4.79 Å². The van der Waals surface area contributed by atoms with Crippen molar-refractivity contribution in [2.45, 2.75) is 31.3 Å². The SMILES string of the molecule is COc1cccc(C[C@@]2(C3CCN(Cc4ccc5c(c4)OCO5)CC3)NC(=O)N(C)C2=O)c1. The van der Waals surface area contributed by atoms with Gasteiger partial charge in [0.05, 0.1) is 7.11 Å². The Morgan fingerprint density at radius 1 is 1.06 bits per heavy atom. The van der Waals surface area contributed by atoms with Gasteiger partial charge in [-0.05, 0) is 67.2 Å². The van der Waals surface area contributed by atoms with Crippen molar-refractivity contribution >= 4 is 11.9 Å². The molecule has 2 saturated heterocycles. The number of hydrogen-bond donors (Lipinski definition) is 1. The first-order valence-electron chi connectivity index (χ1n) is 11.3. The van der Waals surface area contributed by atoms with Gasteiger partial charge in [0.25, 0.3) is 5.91 Å². The summed E-state index contributed by atoms with van der Waals surface area (Å²) in [6, 6.07) is 13.5. The van der Waals surface area contributed by atoms with Gasteiger partial charge in [0, 0.05) is 20.0 Å². The molecular formula is C25H29N3O5. The second-order valence-corrected chi connectivity index (χ2v) is 9.03. The van der Waals surface area contributed by atoms with E-state index in [0.717, 1.165) is 55.3 Å². The highest BCUT2D eigenvalue weighted by Crippen LogP contribution is 2.37. The number of carbonyl (C=O) groups is 2. The summed E-state index contributed by atoms with van der Waals surface area (Å²) in [5, 5.41) is 3.06. The number of methoxy groups -OCH3 is 1. The summed E-state index contributed by atoms with van der Waals surface area (Å²) in [7, 11) is 3.18. The molecule has 174 valence electrons. The molecule has 3 aliphatic heterocycles. The molecule has 2 fully saturated rings. The minimum absolute atomic E-state index is 0.0538. The quantitative estimate of drug-likeness (QED) is 0.681. The van der Waals surface area contributed by atoms with Crippen molar-refractivity contribution in [1.82, 2.24) is 15.1 Å². The summed E-state index contributed by atoms with van der Waals surface area (Å²) in [5.41, 5.74) is 1.22. The highest BCUT2D eigenvalue weighted by atomic mass is 16.7. The van der Waals surface area contributed by atoms with Gasteiger partial charge in [-0.15, -0.1) is 0 Å². The van der Waals surface area contributed by atoms with E-state index in [1.165, 1.54) is 10.5 Å². The van der Waals surface area contributed by atoms with Gasteiger partial charge in [-0.2, -0.15) is 0 Å². The van der Waals surface area contributed by atoms with E-state index in [2.05, 4.69) is 16.3 Å². The summed E-state index contributed by atoms with van der Waals surface area (Å²) in [6.45, 7) is 2.79. The van der Waals surface area contributed by atoms with E-state index in [0.29, 0.717) is 6.42 Å². The van der Waals surface area contributed by atoms with Crippen molar-refractivity contribution in [3.05, 3.63) is 53.6 Å². The van der Waals surface area contributed by atoms with Gasteiger partial charge < -0.3 is 19.5 Å². The Kier molecular flexibility index (Phi) is 5.62. The average molecular weight is 452 g/mol. The monoisotopic (exact) mass is 451 g/mol. The van der Waals surface area contributed by atoms with Crippen LogP contribution in [0.3, 0.4) is 0 Å². The Hall–Kier alpha value is -3.26. The number of rotatable bonds is 6. The Morgan fingerprint density at radius 2 is 1.85 bits per heavy atom. The lowest BCUT2D eigenvalue weighted by molar-refractivity contribution is -0.133. The molecule has 0 aliphatic carbocycles. The fraction of sp³-hybridized carbons (Fsp3) is 0.440. The molecule has 0 unspecified atom stereocenters. The number of hydrogen-bond acceptors (Lipinski definition) is 6. The molecule has 3 aliphatic rings. The summed E-state index contributed by atoms with van der Waals surface area (Å²) in [4.78, 5) is 29.4. The minimum Gasteiger partial charge on any atom is -0.497 e. The highest BCUT2D eigenvalue weighted by Gasteiger charge is 2.54. The van der Waals surface area contributed by atoms with Crippen LogP contribution in [-0.4, -0.2) is 61.3 Å². The van der Waals surface area contributed by atoms with Crippen LogP contribution in [0.2, 0.25) is 0 Å². The molecule has 0 saturated carbocycles. The van der Waals surface area contributed by atoms with Gasteiger partial charge in [0.1, 0.15) is 11.3 Å². The largest absolute Gasteiger partial charge is 0.497 e. The highest BCUT2D eigenvalue weighted by molar-refractivity contribution is 6.07. The smallest absolute Gasteiger partial charge is 0.324 e. The number of likely N-dealkylation sites (N-methyl/N-ethyl adjacent to an activating group) is 1. The first-order chi connectivity index (χ1) is 16.0. The van der Waals surface area contributed by atoms with Crippen LogP contribution in [0, 0.1) is 5.92 Å². The lowest BCUT2D eigenvalue weighted by atomic mass is 9.74. The summed E-state index contributed by atoms with van der Waals surface area (Å²) in [5.74, 6) is 2.23. The van der Waals surface area contributed by atoms with Crippen molar-refractivity contribution < 1.29 is 23.8 Å².